The van der Waals surface area contributed by atoms with E-state index in [1.807, 2.05) is 30.3 Å². The lowest BCUT2D eigenvalue weighted by Crippen LogP contribution is -2.36. The second kappa shape index (κ2) is 7.22. The van der Waals surface area contributed by atoms with Gasteiger partial charge in [-0.05, 0) is 25.3 Å². The van der Waals surface area contributed by atoms with Gasteiger partial charge in [0.2, 0.25) is 5.91 Å². The van der Waals surface area contributed by atoms with Gasteiger partial charge in [0.05, 0.1) is 24.5 Å². The Morgan fingerprint density at radius 3 is 2.67 bits per heavy atom. The molecule has 0 aliphatic carbocycles. The Bertz CT molecular complexity index is 482. The van der Waals surface area contributed by atoms with Gasteiger partial charge in [0, 0.05) is 6.61 Å². The van der Waals surface area contributed by atoms with Crippen molar-refractivity contribution in [2.75, 3.05) is 6.61 Å². The van der Waals surface area contributed by atoms with E-state index in [2.05, 4.69) is 5.32 Å². The van der Waals surface area contributed by atoms with Crippen LogP contribution in [0.25, 0.3) is 0 Å². The van der Waals surface area contributed by atoms with Crippen molar-refractivity contribution in [1.29, 1.82) is 0 Å². The van der Waals surface area contributed by atoms with Crippen molar-refractivity contribution >= 4 is 11.9 Å². The molecular formula is C16H21NO4. The first-order valence-electron chi connectivity index (χ1n) is 7.26. The Morgan fingerprint density at radius 1 is 1.38 bits per heavy atom. The molecule has 0 radical (unpaired) electrons. The van der Waals surface area contributed by atoms with Crippen LogP contribution in [-0.4, -0.2) is 29.7 Å². The highest BCUT2D eigenvalue weighted by atomic mass is 16.5. The van der Waals surface area contributed by atoms with Gasteiger partial charge in [-0.1, -0.05) is 30.3 Å². The number of aliphatic carboxylic acids is 1. The highest BCUT2D eigenvalue weighted by Gasteiger charge is 2.28. The number of carboxylic acids is 1. The van der Waals surface area contributed by atoms with Crippen LogP contribution in [-0.2, 0) is 14.3 Å². The quantitative estimate of drug-likeness (QED) is 0.842. The molecule has 1 aliphatic heterocycles. The van der Waals surface area contributed by atoms with Gasteiger partial charge in [0.1, 0.15) is 0 Å². The summed E-state index contributed by atoms with van der Waals surface area (Å²) in [7, 11) is 0. The fourth-order valence-corrected chi connectivity index (χ4v) is 2.54. The van der Waals surface area contributed by atoms with E-state index in [0.29, 0.717) is 6.61 Å². The smallest absolute Gasteiger partial charge is 0.308 e. The zero-order valence-electron chi connectivity index (χ0n) is 12.1. The molecule has 2 N–H and O–H groups in total. The number of amides is 1. The Balaban J connectivity index is 2.05. The predicted molar refractivity (Wildman–Crippen MR) is 77.7 cm³/mol. The Kier molecular flexibility index (Phi) is 5.33. The second-order valence-electron chi connectivity index (χ2n) is 5.42. The molecule has 3 atom stereocenters. The number of carbonyl (C=O) groups is 2. The number of hydrogen-bond donors (Lipinski definition) is 2. The van der Waals surface area contributed by atoms with Gasteiger partial charge in [0.25, 0.3) is 0 Å². The summed E-state index contributed by atoms with van der Waals surface area (Å²) < 4.78 is 5.44. The topological polar surface area (TPSA) is 75.6 Å². The van der Waals surface area contributed by atoms with E-state index in [1.165, 1.54) is 0 Å². The molecule has 0 bridgehead atoms. The van der Waals surface area contributed by atoms with E-state index in [0.717, 1.165) is 18.4 Å². The maximum atomic E-state index is 12.1. The minimum Gasteiger partial charge on any atom is -0.481 e. The molecule has 1 heterocycles. The maximum absolute atomic E-state index is 12.1. The largest absolute Gasteiger partial charge is 0.481 e. The SMILES string of the molecule is CC(C(=O)O)C(NC(=O)CC1CCCO1)c1ccccc1. The standard InChI is InChI=1S/C16H21NO4/c1-11(16(19)20)15(12-6-3-2-4-7-12)17-14(18)10-13-8-5-9-21-13/h2-4,6-7,11,13,15H,5,8-10H2,1H3,(H,17,18)(H,19,20). The normalized spacial score (nSPS) is 20.7. The molecule has 0 aromatic heterocycles. The number of carbonyl (C=O) groups excluding carboxylic acids is 1. The average molecular weight is 291 g/mol. The summed E-state index contributed by atoms with van der Waals surface area (Å²) in [5.74, 6) is -1.79. The number of hydrogen-bond acceptors (Lipinski definition) is 3. The number of benzene rings is 1. The van der Waals surface area contributed by atoms with Crippen molar-refractivity contribution < 1.29 is 19.4 Å². The molecule has 1 fully saturated rings. The zero-order valence-corrected chi connectivity index (χ0v) is 12.1. The van der Waals surface area contributed by atoms with Gasteiger partial charge in [0.15, 0.2) is 0 Å². The van der Waals surface area contributed by atoms with E-state index in [1.54, 1.807) is 6.92 Å². The summed E-state index contributed by atoms with van der Waals surface area (Å²) in [6.07, 6.45) is 2.11. The molecule has 0 saturated carbocycles. The van der Waals surface area contributed by atoms with E-state index in [4.69, 9.17) is 4.74 Å². The van der Waals surface area contributed by atoms with Crippen molar-refractivity contribution in [2.45, 2.75) is 38.3 Å². The number of carboxylic acid groups (broad SMARTS) is 1. The Labute approximate surface area is 124 Å². The minimum absolute atomic E-state index is 0.0402. The average Bonchev–Trinajstić information content (AvgIpc) is 2.97. The van der Waals surface area contributed by atoms with E-state index in [9.17, 15) is 14.7 Å². The monoisotopic (exact) mass is 291 g/mol. The van der Waals surface area contributed by atoms with Gasteiger partial charge in [-0.15, -0.1) is 0 Å². The van der Waals surface area contributed by atoms with Crippen LogP contribution in [0.15, 0.2) is 30.3 Å². The fraction of sp³-hybridized carbons (Fsp3) is 0.500. The van der Waals surface area contributed by atoms with Crippen LogP contribution in [0.1, 0.15) is 37.8 Å². The van der Waals surface area contributed by atoms with Crippen molar-refractivity contribution in [3.8, 4) is 0 Å². The fourth-order valence-electron chi connectivity index (χ4n) is 2.54. The Morgan fingerprint density at radius 2 is 2.10 bits per heavy atom. The molecule has 21 heavy (non-hydrogen) atoms. The summed E-state index contributed by atoms with van der Waals surface area (Å²) in [6, 6.07) is 8.66. The van der Waals surface area contributed by atoms with E-state index < -0.39 is 17.9 Å². The predicted octanol–water partition coefficient (Wildman–Crippen LogP) is 2.13. The Hall–Kier alpha value is -1.88. The van der Waals surface area contributed by atoms with Gasteiger partial charge < -0.3 is 15.2 Å². The maximum Gasteiger partial charge on any atom is 0.308 e. The van der Waals surface area contributed by atoms with Gasteiger partial charge in [-0.3, -0.25) is 9.59 Å². The molecule has 2 rings (SSSR count). The summed E-state index contributed by atoms with van der Waals surface area (Å²) in [5.41, 5.74) is 0.799. The van der Waals surface area contributed by atoms with Gasteiger partial charge in [-0.25, -0.2) is 0 Å². The zero-order chi connectivity index (χ0) is 15.2. The third-order valence-corrected chi connectivity index (χ3v) is 3.80. The molecule has 1 amide bonds. The van der Waals surface area contributed by atoms with Crippen LogP contribution < -0.4 is 5.32 Å². The van der Waals surface area contributed by atoms with Crippen LogP contribution in [0.5, 0.6) is 0 Å². The molecule has 5 heteroatoms. The summed E-state index contributed by atoms with van der Waals surface area (Å²) >= 11 is 0. The number of ether oxygens (including phenoxy) is 1. The van der Waals surface area contributed by atoms with Crippen molar-refractivity contribution in [1.82, 2.24) is 5.32 Å². The molecule has 1 saturated heterocycles. The first-order chi connectivity index (χ1) is 10.1. The molecule has 1 aromatic carbocycles. The molecule has 1 aromatic rings. The van der Waals surface area contributed by atoms with Crippen molar-refractivity contribution in [3.63, 3.8) is 0 Å². The van der Waals surface area contributed by atoms with Crippen LogP contribution >= 0.6 is 0 Å². The van der Waals surface area contributed by atoms with Crippen LogP contribution in [0.4, 0.5) is 0 Å². The molecule has 3 unspecified atom stereocenters. The van der Waals surface area contributed by atoms with Crippen molar-refractivity contribution in [2.24, 2.45) is 5.92 Å². The lowest BCUT2D eigenvalue weighted by Gasteiger charge is -2.23. The lowest BCUT2D eigenvalue weighted by molar-refractivity contribution is -0.142. The van der Waals surface area contributed by atoms with E-state index in [-0.39, 0.29) is 18.4 Å². The van der Waals surface area contributed by atoms with E-state index >= 15 is 0 Å². The minimum atomic E-state index is -0.929. The number of nitrogens with one attached hydrogen (secondary N) is 1. The van der Waals surface area contributed by atoms with Crippen LogP contribution in [0.3, 0.4) is 0 Å². The summed E-state index contributed by atoms with van der Waals surface area (Å²) in [4.78, 5) is 23.4. The summed E-state index contributed by atoms with van der Waals surface area (Å²) in [6.45, 7) is 2.30. The number of rotatable bonds is 6. The van der Waals surface area contributed by atoms with Gasteiger partial charge >= 0.3 is 5.97 Å². The van der Waals surface area contributed by atoms with Crippen LogP contribution in [0.2, 0.25) is 0 Å². The molecular weight excluding hydrogens is 270 g/mol. The van der Waals surface area contributed by atoms with Gasteiger partial charge in [-0.2, -0.15) is 0 Å². The van der Waals surface area contributed by atoms with Crippen molar-refractivity contribution in [3.05, 3.63) is 35.9 Å². The molecule has 1 aliphatic rings. The third-order valence-electron chi connectivity index (χ3n) is 3.80. The third kappa shape index (κ3) is 4.29. The molecule has 114 valence electrons. The molecule has 0 spiro atoms. The first kappa shape index (κ1) is 15.5. The second-order valence-corrected chi connectivity index (χ2v) is 5.42. The lowest BCUT2D eigenvalue weighted by atomic mass is 9.94. The summed E-state index contributed by atoms with van der Waals surface area (Å²) in [5, 5.41) is 12.1. The first-order valence-corrected chi connectivity index (χ1v) is 7.26. The highest BCUT2D eigenvalue weighted by Crippen LogP contribution is 2.23. The molecule has 5 nitrogen and oxygen atoms in total. The highest BCUT2D eigenvalue weighted by molar-refractivity contribution is 5.78. The van der Waals surface area contributed by atoms with Crippen LogP contribution in [0, 0.1) is 5.92 Å².